The molecule has 0 aromatic carbocycles. The second-order valence-corrected chi connectivity index (χ2v) is 4.24. The van der Waals surface area contributed by atoms with E-state index in [9.17, 15) is 9.59 Å². The van der Waals surface area contributed by atoms with E-state index in [2.05, 4.69) is 10.3 Å². The average Bonchev–Trinajstić information content (AvgIpc) is 2.86. The van der Waals surface area contributed by atoms with Crippen LogP contribution in [0, 0.1) is 0 Å². The van der Waals surface area contributed by atoms with Crippen LogP contribution in [-0.2, 0) is 9.53 Å². The molecule has 0 saturated heterocycles. The molecule has 0 radical (unpaired) electrons. The van der Waals surface area contributed by atoms with Crippen molar-refractivity contribution in [3.63, 3.8) is 0 Å². The lowest BCUT2D eigenvalue weighted by Gasteiger charge is -2.12. The van der Waals surface area contributed by atoms with E-state index < -0.39 is 17.9 Å². The van der Waals surface area contributed by atoms with E-state index in [1.807, 2.05) is 12.1 Å². The Morgan fingerprint density at radius 3 is 2.95 bits per heavy atom. The topological polar surface area (TPSA) is 92.9 Å². The first-order chi connectivity index (χ1) is 9.61. The van der Waals surface area contributed by atoms with Gasteiger partial charge in [0.05, 0.1) is 0 Å². The molecule has 7 heteroatoms. The van der Waals surface area contributed by atoms with Gasteiger partial charge in [-0.15, -0.1) is 0 Å². The molecule has 2 heterocycles. The van der Waals surface area contributed by atoms with Gasteiger partial charge in [0.25, 0.3) is 5.91 Å². The number of nitrogens with zero attached hydrogens (tertiary/aromatic N) is 2. The smallest absolute Gasteiger partial charge is 0.326 e. The van der Waals surface area contributed by atoms with Crippen molar-refractivity contribution < 1.29 is 19.4 Å². The normalized spacial score (nSPS) is 12.2. The Balaban J connectivity index is 2.11. The van der Waals surface area contributed by atoms with E-state index in [-0.39, 0.29) is 18.7 Å². The van der Waals surface area contributed by atoms with Crippen molar-refractivity contribution in [3.8, 4) is 0 Å². The van der Waals surface area contributed by atoms with E-state index in [4.69, 9.17) is 9.84 Å². The van der Waals surface area contributed by atoms with Crippen LogP contribution in [0.2, 0.25) is 0 Å². The summed E-state index contributed by atoms with van der Waals surface area (Å²) in [6.07, 6.45) is 3.52. The summed E-state index contributed by atoms with van der Waals surface area (Å²) in [4.78, 5) is 27.2. The summed E-state index contributed by atoms with van der Waals surface area (Å²) < 4.78 is 6.52. The molecule has 106 valence electrons. The van der Waals surface area contributed by atoms with Crippen molar-refractivity contribution in [1.29, 1.82) is 0 Å². The Bertz CT molecular complexity index is 590. The van der Waals surface area contributed by atoms with Crippen molar-refractivity contribution in [2.45, 2.75) is 12.5 Å². The molecule has 2 N–H and O–H groups in total. The van der Waals surface area contributed by atoms with Crippen molar-refractivity contribution in [1.82, 2.24) is 14.7 Å². The van der Waals surface area contributed by atoms with E-state index in [0.29, 0.717) is 5.65 Å². The predicted molar refractivity (Wildman–Crippen MR) is 70.6 cm³/mol. The number of carboxylic acid groups (broad SMARTS) is 1. The van der Waals surface area contributed by atoms with Gasteiger partial charge in [-0.2, -0.15) is 0 Å². The van der Waals surface area contributed by atoms with Crippen molar-refractivity contribution in [3.05, 3.63) is 36.3 Å². The molecule has 0 aliphatic heterocycles. The zero-order valence-corrected chi connectivity index (χ0v) is 10.9. The molecule has 1 amide bonds. The number of hydrogen-bond donors (Lipinski definition) is 2. The molecule has 1 unspecified atom stereocenters. The second-order valence-electron chi connectivity index (χ2n) is 4.24. The number of hydrogen-bond acceptors (Lipinski definition) is 4. The van der Waals surface area contributed by atoms with Gasteiger partial charge in [-0.05, 0) is 12.1 Å². The number of aliphatic carboxylic acids is 1. The SMILES string of the molecule is COCCC(NC(=O)c1cn2ccccc2n1)C(=O)O. The molecule has 0 aliphatic carbocycles. The standard InChI is InChI=1S/C13H15N3O4/c1-20-7-5-9(13(18)19)15-12(17)10-8-16-6-3-2-4-11(16)14-10/h2-4,6,8-9H,5,7H2,1H3,(H,15,17)(H,18,19). The Morgan fingerprint density at radius 2 is 2.30 bits per heavy atom. The van der Waals surface area contributed by atoms with Gasteiger partial charge < -0.3 is 19.6 Å². The van der Waals surface area contributed by atoms with Crippen LogP contribution in [0.5, 0.6) is 0 Å². The fraction of sp³-hybridized carbons (Fsp3) is 0.308. The first-order valence-corrected chi connectivity index (χ1v) is 6.08. The minimum Gasteiger partial charge on any atom is -0.480 e. The number of amides is 1. The predicted octanol–water partition coefficient (Wildman–Crippen LogP) is 0.554. The summed E-state index contributed by atoms with van der Waals surface area (Å²) in [7, 11) is 1.48. The Morgan fingerprint density at radius 1 is 1.50 bits per heavy atom. The summed E-state index contributed by atoms with van der Waals surface area (Å²) >= 11 is 0. The maximum absolute atomic E-state index is 12.0. The van der Waals surface area contributed by atoms with Crippen molar-refractivity contribution >= 4 is 17.5 Å². The number of aromatic nitrogens is 2. The maximum atomic E-state index is 12.0. The molecule has 2 aromatic rings. The lowest BCUT2D eigenvalue weighted by molar-refractivity contribution is -0.139. The fourth-order valence-electron chi connectivity index (χ4n) is 1.77. The highest BCUT2D eigenvalue weighted by Gasteiger charge is 2.21. The van der Waals surface area contributed by atoms with Gasteiger partial charge >= 0.3 is 5.97 Å². The number of carboxylic acids is 1. The van der Waals surface area contributed by atoms with Crippen LogP contribution in [0.4, 0.5) is 0 Å². The third kappa shape index (κ3) is 3.12. The van der Waals surface area contributed by atoms with Gasteiger partial charge in [-0.1, -0.05) is 6.07 Å². The zero-order chi connectivity index (χ0) is 14.5. The van der Waals surface area contributed by atoms with Gasteiger partial charge in [0.1, 0.15) is 17.4 Å². The molecule has 20 heavy (non-hydrogen) atoms. The Labute approximate surface area is 115 Å². The molecular formula is C13H15N3O4. The third-order valence-corrected chi connectivity index (χ3v) is 2.81. The molecule has 0 fully saturated rings. The van der Waals surface area contributed by atoms with E-state index >= 15 is 0 Å². The number of carbonyl (C=O) groups is 2. The number of pyridine rings is 1. The lowest BCUT2D eigenvalue weighted by Crippen LogP contribution is -2.41. The fourth-order valence-corrected chi connectivity index (χ4v) is 1.77. The molecule has 0 spiro atoms. The van der Waals surface area contributed by atoms with Gasteiger partial charge in [-0.25, -0.2) is 9.78 Å². The third-order valence-electron chi connectivity index (χ3n) is 2.81. The summed E-state index contributed by atoms with van der Waals surface area (Å²) in [5, 5.41) is 11.5. The van der Waals surface area contributed by atoms with Crippen molar-refractivity contribution in [2.75, 3.05) is 13.7 Å². The molecule has 0 bridgehead atoms. The number of methoxy groups -OCH3 is 1. The van der Waals surface area contributed by atoms with Crippen LogP contribution in [0.15, 0.2) is 30.6 Å². The number of imidazole rings is 1. The highest BCUT2D eigenvalue weighted by atomic mass is 16.5. The molecule has 7 nitrogen and oxygen atoms in total. The summed E-state index contributed by atoms with van der Waals surface area (Å²) in [5.41, 5.74) is 0.807. The minimum atomic E-state index is -1.10. The van der Waals surface area contributed by atoms with Crippen LogP contribution < -0.4 is 5.32 Å². The maximum Gasteiger partial charge on any atom is 0.326 e. The quantitative estimate of drug-likeness (QED) is 0.804. The highest BCUT2D eigenvalue weighted by molar-refractivity contribution is 5.95. The molecular weight excluding hydrogens is 262 g/mol. The minimum absolute atomic E-state index is 0.180. The van der Waals surface area contributed by atoms with Gasteiger partial charge in [0.15, 0.2) is 0 Å². The largest absolute Gasteiger partial charge is 0.480 e. The van der Waals surface area contributed by atoms with Gasteiger partial charge in [0.2, 0.25) is 0 Å². The van der Waals surface area contributed by atoms with E-state index in [0.717, 1.165) is 0 Å². The van der Waals surface area contributed by atoms with Crippen LogP contribution in [0.25, 0.3) is 5.65 Å². The molecule has 2 aromatic heterocycles. The summed E-state index contributed by atoms with van der Waals surface area (Å²) in [6, 6.07) is 4.39. The number of carbonyl (C=O) groups excluding carboxylic acids is 1. The molecule has 2 rings (SSSR count). The monoisotopic (exact) mass is 277 g/mol. The first-order valence-electron chi connectivity index (χ1n) is 6.08. The van der Waals surface area contributed by atoms with Gasteiger partial charge in [0, 0.05) is 32.5 Å². The van der Waals surface area contributed by atoms with Crippen LogP contribution in [0.1, 0.15) is 16.9 Å². The van der Waals surface area contributed by atoms with E-state index in [1.165, 1.54) is 7.11 Å². The molecule has 0 saturated carbocycles. The van der Waals surface area contributed by atoms with Gasteiger partial charge in [-0.3, -0.25) is 4.79 Å². The number of nitrogens with one attached hydrogen (secondary N) is 1. The number of rotatable bonds is 6. The second kappa shape index (κ2) is 6.16. The lowest BCUT2D eigenvalue weighted by atomic mass is 10.2. The zero-order valence-electron chi connectivity index (χ0n) is 10.9. The van der Waals surface area contributed by atoms with Crippen LogP contribution >= 0.6 is 0 Å². The van der Waals surface area contributed by atoms with Crippen molar-refractivity contribution in [2.24, 2.45) is 0 Å². The van der Waals surface area contributed by atoms with Crippen LogP contribution in [0.3, 0.4) is 0 Å². The number of fused-ring (bicyclic) bond motifs is 1. The molecule has 1 atom stereocenters. The number of ether oxygens (including phenoxy) is 1. The highest BCUT2D eigenvalue weighted by Crippen LogP contribution is 2.05. The first kappa shape index (κ1) is 14.0. The molecule has 0 aliphatic rings. The Kier molecular flexibility index (Phi) is 4.31. The van der Waals surface area contributed by atoms with Crippen LogP contribution in [-0.4, -0.2) is 46.1 Å². The van der Waals surface area contributed by atoms with E-state index in [1.54, 1.807) is 22.9 Å². The summed E-state index contributed by atoms with van der Waals surface area (Å²) in [6.45, 7) is 0.252. The Hall–Kier alpha value is -2.41. The average molecular weight is 277 g/mol. The summed E-state index contributed by atoms with van der Waals surface area (Å²) in [5.74, 6) is -1.61.